The molecule has 45 heavy (non-hydrogen) atoms. The Morgan fingerprint density at radius 1 is 0.756 bits per heavy atom. The van der Waals surface area contributed by atoms with Crippen molar-refractivity contribution in [3.63, 3.8) is 0 Å². The van der Waals surface area contributed by atoms with Crippen LogP contribution in [0.5, 0.6) is 11.5 Å². The number of esters is 2. The van der Waals surface area contributed by atoms with Crippen molar-refractivity contribution < 1.29 is 34.0 Å². The topological polar surface area (TPSA) is 102 Å². The summed E-state index contributed by atoms with van der Waals surface area (Å²) in [6.07, 6.45) is 5.46. The van der Waals surface area contributed by atoms with Gasteiger partial charge in [-0.25, -0.2) is 9.59 Å². The highest BCUT2D eigenvalue weighted by atomic mass is 16.5. The molecule has 0 unspecified atom stereocenters. The van der Waals surface area contributed by atoms with Crippen LogP contribution >= 0.6 is 0 Å². The minimum absolute atomic E-state index is 0.117. The highest BCUT2D eigenvalue weighted by Crippen LogP contribution is 2.37. The van der Waals surface area contributed by atoms with Gasteiger partial charge in [-0.2, -0.15) is 0 Å². The summed E-state index contributed by atoms with van der Waals surface area (Å²) < 4.78 is 17.2. The molecule has 0 bridgehead atoms. The van der Waals surface area contributed by atoms with Gasteiger partial charge in [-0.15, -0.1) is 0 Å². The van der Waals surface area contributed by atoms with Gasteiger partial charge in [-0.05, 0) is 79.1 Å². The molecule has 0 aromatic heterocycles. The van der Waals surface area contributed by atoms with Crippen molar-refractivity contribution in [3.05, 3.63) is 96.1 Å². The van der Waals surface area contributed by atoms with Crippen LogP contribution in [0.4, 0.5) is 0 Å². The predicted molar refractivity (Wildman–Crippen MR) is 178 cm³/mol. The van der Waals surface area contributed by atoms with E-state index in [0.717, 1.165) is 28.7 Å². The van der Waals surface area contributed by atoms with Crippen molar-refractivity contribution in [2.24, 2.45) is 5.92 Å². The summed E-state index contributed by atoms with van der Waals surface area (Å²) in [7, 11) is 0. The monoisotopic (exact) mass is 614 g/mol. The Kier molecular flexibility index (Phi) is 14.1. The maximum atomic E-state index is 12.7. The number of carbonyl (C=O) groups excluding carboxylic acids is 2. The summed E-state index contributed by atoms with van der Waals surface area (Å²) in [5, 5.41) is 18.8. The lowest BCUT2D eigenvalue weighted by Crippen LogP contribution is -2.15. The van der Waals surface area contributed by atoms with Crippen LogP contribution in [0.1, 0.15) is 57.6 Å². The van der Waals surface area contributed by atoms with E-state index in [1.807, 2.05) is 36.4 Å². The molecule has 0 aliphatic heterocycles. The lowest BCUT2D eigenvalue weighted by atomic mass is 9.96. The van der Waals surface area contributed by atoms with E-state index in [4.69, 9.17) is 14.2 Å². The zero-order valence-corrected chi connectivity index (χ0v) is 26.8. The standard InChI is InChI=1S/C38H46O7/c1-6-7-8-9-28-10-12-30(13-11-28)31-14-16-34(36(23-31)45-38(42)27(4)5)32-15-17-35(43-20-18-29(24-39)25-40)33(22-32)19-21-44-37(41)26(2)3/h10-17,22-23,29,39-40H,2,4,6-9,18-21,24-25H2,1,3,5H3. The number of aliphatic hydroxyl groups is 2. The maximum Gasteiger partial charge on any atom is 0.338 e. The summed E-state index contributed by atoms with van der Waals surface area (Å²) in [5.41, 5.74) is 6.10. The number of aliphatic hydroxyl groups excluding tert-OH is 2. The fourth-order valence-corrected chi connectivity index (χ4v) is 4.69. The van der Waals surface area contributed by atoms with Gasteiger partial charge in [0.1, 0.15) is 11.5 Å². The molecule has 7 heteroatoms. The zero-order valence-electron chi connectivity index (χ0n) is 26.8. The van der Waals surface area contributed by atoms with Gasteiger partial charge in [0.25, 0.3) is 0 Å². The number of carbonyl (C=O) groups is 2. The van der Waals surface area contributed by atoms with E-state index in [2.05, 4.69) is 44.3 Å². The van der Waals surface area contributed by atoms with E-state index >= 15 is 0 Å². The quantitative estimate of drug-likeness (QED) is 0.0673. The van der Waals surface area contributed by atoms with Crippen molar-refractivity contribution in [2.45, 2.75) is 59.3 Å². The Labute approximate surface area is 267 Å². The maximum absolute atomic E-state index is 12.7. The third kappa shape index (κ3) is 10.7. The first kappa shape index (κ1) is 35.3. The van der Waals surface area contributed by atoms with Crippen molar-refractivity contribution in [3.8, 4) is 33.8 Å². The van der Waals surface area contributed by atoms with Gasteiger partial charge in [0.05, 0.1) is 13.2 Å². The second-order valence-corrected chi connectivity index (χ2v) is 11.4. The van der Waals surface area contributed by atoms with Gasteiger partial charge in [-0.3, -0.25) is 0 Å². The normalized spacial score (nSPS) is 10.9. The zero-order chi connectivity index (χ0) is 32.8. The Morgan fingerprint density at radius 2 is 1.42 bits per heavy atom. The Morgan fingerprint density at radius 3 is 2.07 bits per heavy atom. The van der Waals surface area contributed by atoms with Crippen LogP contribution < -0.4 is 9.47 Å². The first-order valence-electron chi connectivity index (χ1n) is 15.6. The fourth-order valence-electron chi connectivity index (χ4n) is 4.69. The Hall–Kier alpha value is -4.20. The molecule has 3 aromatic carbocycles. The second kappa shape index (κ2) is 17.9. The Bertz CT molecular complexity index is 1450. The molecule has 7 nitrogen and oxygen atoms in total. The number of hydrogen-bond acceptors (Lipinski definition) is 7. The molecule has 0 saturated carbocycles. The van der Waals surface area contributed by atoms with Gasteiger partial charge >= 0.3 is 11.9 Å². The van der Waals surface area contributed by atoms with Crippen molar-refractivity contribution in [2.75, 3.05) is 26.4 Å². The smallest absolute Gasteiger partial charge is 0.338 e. The fraction of sp³-hybridized carbons (Fsp3) is 0.368. The molecule has 0 fully saturated rings. The number of benzene rings is 3. The predicted octanol–water partition coefficient (Wildman–Crippen LogP) is 7.27. The lowest BCUT2D eigenvalue weighted by Gasteiger charge is -2.17. The van der Waals surface area contributed by atoms with E-state index in [1.54, 1.807) is 13.8 Å². The van der Waals surface area contributed by atoms with Gasteiger partial charge in [0.15, 0.2) is 0 Å². The van der Waals surface area contributed by atoms with E-state index in [1.165, 1.54) is 24.8 Å². The number of hydrogen-bond donors (Lipinski definition) is 2. The molecule has 2 N–H and O–H groups in total. The molecule has 3 rings (SSSR count). The van der Waals surface area contributed by atoms with Gasteiger partial charge in [-0.1, -0.05) is 75.4 Å². The molecule has 3 aromatic rings. The van der Waals surface area contributed by atoms with Crippen molar-refractivity contribution >= 4 is 11.9 Å². The van der Waals surface area contributed by atoms with Gasteiger partial charge < -0.3 is 24.4 Å². The number of rotatable bonds is 18. The van der Waals surface area contributed by atoms with Gasteiger partial charge in [0.2, 0.25) is 0 Å². The molecule has 0 spiro atoms. The van der Waals surface area contributed by atoms with Crippen LogP contribution in [-0.2, 0) is 27.2 Å². The number of ether oxygens (including phenoxy) is 3. The van der Waals surface area contributed by atoms with E-state index in [0.29, 0.717) is 35.5 Å². The third-order valence-corrected chi connectivity index (χ3v) is 7.51. The summed E-state index contributed by atoms with van der Waals surface area (Å²) >= 11 is 0. The molecule has 0 saturated heterocycles. The summed E-state index contributed by atoms with van der Waals surface area (Å²) in [5.74, 6) is -0.272. The second-order valence-electron chi connectivity index (χ2n) is 11.4. The molecule has 0 radical (unpaired) electrons. The highest BCUT2D eigenvalue weighted by molar-refractivity contribution is 5.91. The molecular formula is C38H46O7. The molecule has 0 aliphatic rings. The van der Waals surface area contributed by atoms with E-state index < -0.39 is 11.9 Å². The lowest BCUT2D eigenvalue weighted by molar-refractivity contribution is -0.138. The minimum Gasteiger partial charge on any atom is -0.493 e. The SMILES string of the molecule is C=C(C)C(=O)OCCc1cc(-c2ccc(-c3ccc(CCCCC)cc3)cc2OC(=O)C(=C)C)ccc1OCCC(CO)CO. The van der Waals surface area contributed by atoms with Gasteiger partial charge in [0, 0.05) is 42.3 Å². The number of aryl methyl sites for hydroxylation is 1. The Balaban J connectivity index is 1.96. The van der Waals surface area contributed by atoms with Crippen LogP contribution in [0, 0.1) is 5.92 Å². The highest BCUT2D eigenvalue weighted by Gasteiger charge is 2.17. The summed E-state index contributed by atoms with van der Waals surface area (Å²) in [6, 6.07) is 19.9. The van der Waals surface area contributed by atoms with Crippen LogP contribution in [0.25, 0.3) is 22.3 Å². The van der Waals surface area contributed by atoms with Crippen LogP contribution in [-0.4, -0.2) is 48.6 Å². The van der Waals surface area contributed by atoms with Crippen LogP contribution in [0.15, 0.2) is 85.0 Å². The molecular weight excluding hydrogens is 568 g/mol. The first-order valence-corrected chi connectivity index (χ1v) is 15.6. The third-order valence-electron chi connectivity index (χ3n) is 7.51. The molecule has 0 amide bonds. The average Bonchev–Trinajstić information content (AvgIpc) is 3.04. The summed E-state index contributed by atoms with van der Waals surface area (Å²) in [6.45, 7) is 12.9. The van der Waals surface area contributed by atoms with Crippen molar-refractivity contribution in [1.82, 2.24) is 0 Å². The molecule has 0 aliphatic carbocycles. The summed E-state index contributed by atoms with van der Waals surface area (Å²) in [4.78, 5) is 24.7. The molecule has 0 atom stereocenters. The van der Waals surface area contributed by atoms with Crippen LogP contribution in [0.2, 0.25) is 0 Å². The van der Waals surface area contributed by atoms with Crippen LogP contribution in [0.3, 0.4) is 0 Å². The van der Waals surface area contributed by atoms with E-state index in [9.17, 15) is 19.8 Å². The minimum atomic E-state index is -0.520. The van der Waals surface area contributed by atoms with E-state index in [-0.39, 0.29) is 37.9 Å². The average molecular weight is 615 g/mol. The number of unbranched alkanes of at least 4 members (excludes halogenated alkanes) is 2. The molecule has 0 heterocycles. The molecule has 240 valence electrons. The first-order chi connectivity index (χ1) is 21.7. The largest absolute Gasteiger partial charge is 0.493 e. The van der Waals surface area contributed by atoms with Crippen molar-refractivity contribution in [1.29, 1.82) is 0 Å².